The Bertz CT molecular complexity index is 1200. The first-order valence-corrected chi connectivity index (χ1v) is 11.6. The minimum Gasteiger partial charge on any atom is -0.512 e. The molecule has 1 saturated heterocycles. The molecule has 0 saturated carbocycles. The molecule has 2 heterocycles. The molecule has 0 spiro atoms. The van der Waals surface area contributed by atoms with Crippen molar-refractivity contribution in [1.29, 1.82) is 10.7 Å². The van der Waals surface area contributed by atoms with Crippen LogP contribution in [0.15, 0.2) is 24.0 Å². The summed E-state index contributed by atoms with van der Waals surface area (Å²) < 4.78 is 5.73. The number of aliphatic hydroxyl groups excluding tert-OH is 2. The smallest absolute Gasteiger partial charge is 0.163 e. The van der Waals surface area contributed by atoms with Crippen molar-refractivity contribution in [3.8, 4) is 23.2 Å². The van der Waals surface area contributed by atoms with E-state index >= 15 is 0 Å². The number of benzene rings is 1. The van der Waals surface area contributed by atoms with E-state index in [-0.39, 0.29) is 18.1 Å². The molecule has 1 aliphatic rings. The third-order valence-corrected chi connectivity index (χ3v) is 6.13. The molecule has 0 aliphatic carbocycles. The predicted molar refractivity (Wildman–Crippen MR) is 137 cm³/mol. The molecule has 3 rings (SSSR count). The van der Waals surface area contributed by atoms with Gasteiger partial charge in [-0.2, -0.15) is 5.26 Å². The Morgan fingerprint density at radius 3 is 2.63 bits per heavy atom. The number of aromatic nitrogens is 2. The summed E-state index contributed by atoms with van der Waals surface area (Å²) in [5.74, 6) is 1.38. The lowest BCUT2D eigenvalue weighted by Gasteiger charge is -2.44. The average molecular weight is 499 g/mol. The number of allylic oxidation sites excluding steroid dienone is 2. The van der Waals surface area contributed by atoms with Gasteiger partial charge in [-0.25, -0.2) is 9.97 Å². The molecule has 0 bridgehead atoms. The average Bonchev–Trinajstić information content (AvgIpc) is 2.77. The van der Waals surface area contributed by atoms with Gasteiger partial charge in [-0.1, -0.05) is 11.6 Å². The van der Waals surface area contributed by atoms with E-state index in [9.17, 15) is 15.5 Å². The van der Waals surface area contributed by atoms with Gasteiger partial charge in [0.15, 0.2) is 5.82 Å². The molecule has 9 nitrogen and oxygen atoms in total. The maximum atomic E-state index is 10.4. The van der Waals surface area contributed by atoms with Crippen molar-refractivity contribution >= 4 is 28.7 Å². The van der Waals surface area contributed by atoms with Crippen molar-refractivity contribution < 1.29 is 14.9 Å². The maximum absolute atomic E-state index is 10.4. The van der Waals surface area contributed by atoms with Gasteiger partial charge in [0.25, 0.3) is 0 Å². The van der Waals surface area contributed by atoms with Crippen LogP contribution in [0.3, 0.4) is 0 Å². The number of hydrogen-bond donors (Lipinski definition) is 4. The Balaban J connectivity index is 2.12. The zero-order valence-corrected chi connectivity index (χ0v) is 21.4. The number of nitrogens with one attached hydrogen (secondary N) is 2. The second-order valence-electron chi connectivity index (χ2n) is 9.12. The second-order valence-corrected chi connectivity index (χ2v) is 9.53. The van der Waals surface area contributed by atoms with E-state index in [1.165, 1.54) is 6.92 Å². The van der Waals surface area contributed by atoms with E-state index in [1.807, 2.05) is 18.7 Å². The van der Waals surface area contributed by atoms with Crippen molar-refractivity contribution in [1.82, 2.24) is 15.3 Å². The number of nitrogens with zero attached hydrogens (tertiary/aromatic N) is 4. The monoisotopic (exact) mass is 498 g/mol. The van der Waals surface area contributed by atoms with Crippen molar-refractivity contribution in [2.24, 2.45) is 5.41 Å². The summed E-state index contributed by atoms with van der Waals surface area (Å²) in [6, 6.07) is 7.41. The van der Waals surface area contributed by atoms with Gasteiger partial charge in [0.05, 0.1) is 27.8 Å². The summed E-state index contributed by atoms with van der Waals surface area (Å²) >= 11 is 6.53. The zero-order valence-electron chi connectivity index (χ0n) is 20.6. The topological polar surface area (TPSA) is 138 Å². The molecule has 1 atom stereocenters. The molecule has 0 unspecified atom stereocenters. The first-order chi connectivity index (χ1) is 16.5. The van der Waals surface area contributed by atoms with Crippen molar-refractivity contribution in [3.05, 3.63) is 40.2 Å². The van der Waals surface area contributed by atoms with Crippen LogP contribution >= 0.6 is 11.6 Å². The van der Waals surface area contributed by atoms with Crippen molar-refractivity contribution in [3.63, 3.8) is 0 Å². The number of nitriles is 1. The van der Waals surface area contributed by atoms with Crippen LogP contribution in [0.25, 0.3) is 17.0 Å². The number of halogens is 1. The Morgan fingerprint density at radius 2 is 2.06 bits per heavy atom. The molecule has 4 N–H and O–H groups in total. The van der Waals surface area contributed by atoms with E-state index in [2.05, 4.69) is 11.4 Å². The first kappa shape index (κ1) is 26.4. The van der Waals surface area contributed by atoms with Crippen LogP contribution in [0.4, 0.5) is 5.82 Å². The molecule has 1 aromatic heterocycles. The predicted octanol–water partition coefficient (Wildman–Crippen LogP) is 3.74. The van der Waals surface area contributed by atoms with Crippen LogP contribution < -0.4 is 15.0 Å². The maximum Gasteiger partial charge on any atom is 0.163 e. The lowest BCUT2D eigenvalue weighted by atomic mass is 9.83. The van der Waals surface area contributed by atoms with E-state index in [4.69, 9.17) is 31.7 Å². The van der Waals surface area contributed by atoms with E-state index in [0.717, 1.165) is 0 Å². The molecular weight excluding hydrogens is 468 g/mol. The van der Waals surface area contributed by atoms with Gasteiger partial charge in [0.1, 0.15) is 30.0 Å². The Kier molecular flexibility index (Phi) is 8.00. The van der Waals surface area contributed by atoms with Crippen LogP contribution in [-0.2, 0) is 0 Å². The van der Waals surface area contributed by atoms with E-state index < -0.39 is 11.5 Å². The summed E-state index contributed by atoms with van der Waals surface area (Å²) in [7, 11) is 1.75. The summed E-state index contributed by atoms with van der Waals surface area (Å²) in [6.07, 6.45) is -0.676. The molecule has 186 valence electrons. The standard InChI is InChI=1S/C25H31ClN6O3/c1-14-22(21(15(2)28)16(3)33)30-23(31-24(14)32-12-25(4,11-27)13-32)19-8-18(6-7-20(19)26)35-10-17(34)9-29-5/h6-8,17,28-29,33-34H,9-10,12-13H2,1-5H3/b21-16+,28-15?/t17-/m1/s1. The van der Waals surface area contributed by atoms with Crippen molar-refractivity contribution in [2.45, 2.75) is 33.8 Å². The Labute approximate surface area is 210 Å². The van der Waals surface area contributed by atoms with Crippen LogP contribution in [0.1, 0.15) is 32.0 Å². The third-order valence-electron chi connectivity index (χ3n) is 5.80. The zero-order chi connectivity index (χ0) is 25.9. The minimum absolute atomic E-state index is 0.0247. The van der Waals surface area contributed by atoms with Crippen LogP contribution in [0.5, 0.6) is 5.75 Å². The van der Waals surface area contributed by atoms with Gasteiger partial charge in [0.2, 0.25) is 0 Å². The third kappa shape index (κ3) is 5.73. The Hall–Kier alpha value is -3.19. The molecule has 1 aliphatic heterocycles. The van der Waals surface area contributed by atoms with Crippen LogP contribution in [-0.4, -0.2) is 65.3 Å². The fourth-order valence-electron chi connectivity index (χ4n) is 4.07. The van der Waals surface area contributed by atoms with Gasteiger partial charge < -0.3 is 30.6 Å². The lowest BCUT2D eigenvalue weighted by Crippen LogP contribution is -2.54. The highest BCUT2D eigenvalue weighted by Gasteiger charge is 2.41. The largest absolute Gasteiger partial charge is 0.512 e. The van der Waals surface area contributed by atoms with E-state index in [1.54, 1.807) is 32.2 Å². The highest BCUT2D eigenvalue weighted by molar-refractivity contribution is 6.33. The molecule has 1 aromatic carbocycles. The molecule has 0 radical (unpaired) electrons. The highest BCUT2D eigenvalue weighted by Crippen LogP contribution is 2.39. The first-order valence-electron chi connectivity index (χ1n) is 11.3. The lowest BCUT2D eigenvalue weighted by molar-refractivity contribution is 0.108. The SMILES string of the molecule is CNC[C@@H](O)COc1ccc(Cl)c(-c2nc(/C(C(C)=N)=C(\C)O)c(C)c(N3CC(C)(C#N)C3)n2)c1. The summed E-state index contributed by atoms with van der Waals surface area (Å²) in [5, 5.41) is 41.3. The van der Waals surface area contributed by atoms with Gasteiger partial charge in [-0.05, 0) is 52.9 Å². The molecule has 35 heavy (non-hydrogen) atoms. The second kappa shape index (κ2) is 10.6. The minimum atomic E-state index is -0.676. The number of anilines is 1. The summed E-state index contributed by atoms with van der Waals surface area (Å²) in [4.78, 5) is 11.5. The summed E-state index contributed by atoms with van der Waals surface area (Å²) in [6.45, 7) is 8.33. The van der Waals surface area contributed by atoms with Gasteiger partial charge in [0, 0.05) is 36.5 Å². The van der Waals surface area contributed by atoms with Gasteiger partial charge in [-0.15, -0.1) is 0 Å². The summed E-state index contributed by atoms with van der Waals surface area (Å²) in [5.41, 5.74) is 1.64. The molecule has 1 fully saturated rings. The molecule has 2 aromatic rings. The number of aliphatic hydroxyl groups is 2. The quantitative estimate of drug-likeness (QED) is 0.303. The molecule has 10 heteroatoms. The molecular formula is C25H31ClN6O3. The number of hydrogen-bond acceptors (Lipinski definition) is 9. The molecule has 0 amide bonds. The number of likely N-dealkylation sites (N-methyl/N-ethyl adjacent to an activating group) is 1. The van der Waals surface area contributed by atoms with Crippen LogP contribution in [0.2, 0.25) is 5.02 Å². The van der Waals surface area contributed by atoms with E-state index in [0.29, 0.717) is 64.4 Å². The highest BCUT2D eigenvalue weighted by atomic mass is 35.5. The van der Waals surface area contributed by atoms with Gasteiger partial charge in [-0.3, -0.25) is 0 Å². The van der Waals surface area contributed by atoms with Crippen molar-refractivity contribution in [2.75, 3.05) is 38.2 Å². The normalized spacial score (nSPS) is 16.1. The fraction of sp³-hybridized carbons (Fsp3) is 0.440. The fourth-order valence-corrected chi connectivity index (χ4v) is 4.27. The van der Waals surface area contributed by atoms with Gasteiger partial charge >= 0.3 is 0 Å². The number of rotatable bonds is 9. The number of ether oxygens (including phenoxy) is 1. The Morgan fingerprint density at radius 1 is 1.37 bits per heavy atom. The van der Waals surface area contributed by atoms with Crippen LogP contribution in [0, 0.1) is 29.1 Å².